The van der Waals surface area contributed by atoms with Crippen molar-refractivity contribution >= 4 is 23.1 Å². The van der Waals surface area contributed by atoms with Gasteiger partial charge in [0, 0.05) is 24.1 Å². The van der Waals surface area contributed by atoms with Crippen LogP contribution in [-0.4, -0.2) is 24.1 Å². The van der Waals surface area contributed by atoms with E-state index in [1.165, 1.54) is 0 Å². The van der Waals surface area contributed by atoms with Gasteiger partial charge in [0.05, 0.1) is 23.0 Å². The highest BCUT2D eigenvalue weighted by molar-refractivity contribution is 7.99. The van der Waals surface area contributed by atoms with E-state index in [1.54, 1.807) is 6.07 Å². The summed E-state index contributed by atoms with van der Waals surface area (Å²) in [5.41, 5.74) is 8.38. The maximum Gasteiger partial charge on any atom is 0.0992 e. The molecule has 1 aliphatic rings. The van der Waals surface area contributed by atoms with Gasteiger partial charge in [0.25, 0.3) is 0 Å². The Hall–Kier alpha value is -1.34. The lowest BCUT2D eigenvalue weighted by Gasteiger charge is -2.35. The number of benzene rings is 1. The molecule has 16 heavy (non-hydrogen) atoms. The van der Waals surface area contributed by atoms with Gasteiger partial charge in [-0.15, -0.1) is 0 Å². The van der Waals surface area contributed by atoms with Gasteiger partial charge >= 0.3 is 0 Å². The van der Waals surface area contributed by atoms with Gasteiger partial charge in [0.1, 0.15) is 0 Å². The molecule has 4 heteroatoms. The number of thioether (sulfide) groups is 1. The van der Waals surface area contributed by atoms with Crippen LogP contribution in [-0.2, 0) is 0 Å². The zero-order chi connectivity index (χ0) is 11.5. The highest BCUT2D eigenvalue weighted by Crippen LogP contribution is 2.29. The molecule has 1 unspecified atom stereocenters. The second kappa shape index (κ2) is 4.67. The van der Waals surface area contributed by atoms with Gasteiger partial charge in [0.2, 0.25) is 0 Å². The molecule has 1 aliphatic heterocycles. The van der Waals surface area contributed by atoms with Gasteiger partial charge in [0.15, 0.2) is 0 Å². The molecular formula is C12H15N3S. The number of nitrogen functional groups attached to an aromatic ring is 1. The fourth-order valence-corrected chi connectivity index (χ4v) is 2.98. The van der Waals surface area contributed by atoms with Crippen LogP contribution in [0, 0.1) is 11.3 Å². The SMILES string of the molecule is CC1CSCCN1c1ccc(C#N)cc1N. The number of hydrogen-bond acceptors (Lipinski definition) is 4. The highest BCUT2D eigenvalue weighted by Gasteiger charge is 2.20. The summed E-state index contributed by atoms with van der Waals surface area (Å²) < 4.78 is 0. The summed E-state index contributed by atoms with van der Waals surface area (Å²) in [6, 6.07) is 8.16. The lowest BCUT2D eigenvalue weighted by atomic mass is 10.1. The minimum absolute atomic E-state index is 0.508. The lowest BCUT2D eigenvalue weighted by molar-refractivity contribution is 0.701. The Labute approximate surface area is 100 Å². The van der Waals surface area contributed by atoms with Crippen LogP contribution in [0.15, 0.2) is 18.2 Å². The molecule has 2 N–H and O–H groups in total. The number of nitriles is 1. The lowest BCUT2D eigenvalue weighted by Crippen LogP contribution is -2.40. The summed E-state index contributed by atoms with van der Waals surface area (Å²) in [6.07, 6.45) is 0. The van der Waals surface area contributed by atoms with E-state index in [0.717, 1.165) is 23.7 Å². The van der Waals surface area contributed by atoms with E-state index >= 15 is 0 Å². The third-order valence-corrected chi connectivity index (χ3v) is 4.02. The summed E-state index contributed by atoms with van der Waals surface area (Å²) >= 11 is 1.98. The van der Waals surface area contributed by atoms with Crippen LogP contribution >= 0.6 is 11.8 Å². The van der Waals surface area contributed by atoms with E-state index in [9.17, 15) is 0 Å². The third kappa shape index (κ3) is 2.10. The Morgan fingerprint density at radius 1 is 1.56 bits per heavy atom. The van der Waals surface area contributed by atoms with Crippen molar-refractivity contribution in [2.75, 3.05) is 28.7 Å². The molecule has 1 heterocycles. The standard InChI is InChI=1S/C12H15N3S/c1-9-8-16-5-4-15(9)12-3-2-10(7-13)6-11(12)14/h2-3,6,9H,4-5,8,14H2,1H3. The molecule has 0 aliphatic carbocycles. The molecule has 1 fully saturated rings. The minimum Gasteiger partial charge on any atom is -0.397 e. The first-order valence-corrected chi connectivity index (χ1v) is 6.52. The van der Waals surface area contributed by atoms with Gasteiger partial charge < -0.3 is 10.6 Å². The number of nitrogens with two attached hydrogens (primary N) is 1. The number of hydrogen-bond donors (Lipinski definition) is 1. The van der Waals surface area contributed by atoms with Crippen molar-refractivity contribution in [2.24, 2.45) is 0 Å². The summed E-state index contributed by atoms with van der Waals surface area (Å²) in [4.78, 5) is 2.33. The van der Waals surface area contributed by atoms with E-state index in [1.807, 2.05) is 23.9 Å². The Balaban J connectivity index is 2.29. The molecule has 0 saturated carbocycles. The Morgan fingerprint density at radius 3 is 3.00 bits per heavy atom. The topological polar surface area (TPSA) is 53.0 Å². The average molecular weight is 233 g/mol. The van der Waals surface area contributed by atoms with Crippen molar-refractivity contribution in [2.45, 2.75) is 13.0 Å². The Bertz CT molecular complexity index is 425. The first-order chi connectivity index (χ1) is 7.72. The summed E-state index contributed by atoms with van der Waals surface area (Å²) in [5.74, 6) is 2.28. The monoisotopic (exact) mass is 233 g/mol. The maximum absolute atomic E-state index is 8.79. The van der Waals surface area contributed by atoms with Crippen LogP contribution in [0.25, 0.3) is 0 Å². The van der Waals surface area contributed by atoms with Gasteiger partial charge in [-0.3, -0.25) is 0 Å². The van der Waals surface area contributed by atoms with Crippen molar-refractivity contribution in [1.82, 2.24) is 0 Å². The fourth-order valence-electron chi connectivity index (χ4n) is 1.97. The van der Waals surface area contributed by atoms with E-state index in [0.29, 0.717) is 17.3 Å². The number of nitrogens with zero attached hydrogens (tertiary/aromatic N) is 2. The van der Waals surface area contributed by atoms with Crippen LogP contribution in [0.5, 0.6) is 0 Å². The molecule has 0 aromatic heterocycles. The Kier molecular flexibility index (Phi) is 3.25. The van der Waals surface area contributed by atoms with E-state index < -0.39 is 0 Å². The number of rotatable bonds is 1. The highest BCUT2D eigenvalue weighted by atomic mass is 32.2. The van der Waals surface area contributed by atoms with Crippen molar-refractivity contribution in [3.63, 3.8) is 0 Å². The first kappa shape index (κ1) is 11.2. The van der Waals surface area contributed by atoms with E-state index in [2.05, 4.69) is 17.9 Å². The Morgan fingerprint density at radius 2 is 2.38 bits per heavy atom. The molecule has 0 radical (unpaired) electrons. The molecule has 84 valence electrons. The van der Waals surface area contributed by atoms with Gasteiger partial charge in [-0.05, 0) is 25.1 Å². The molecular weight excluding hydrogens is 218 g/mol. The second-order valence-corrected chi connectivity index (χ2v) is 5.15. The zero-order valence-electron chi connectivity index (χ0n) is 9.31. The van der Waals surface area contributed by atoms with Gasteiger partial charge in [-0.25, -0.2) is 0 Å². The zero-order valence-corrected chi connectivity index (χ0v) is 10.1. The van der Waals surface area contributed by atoms with Crippen molar-refractivity contribution < 1.29 is 0 Å². The summed E-state index contributed by atoms with van der Waals surface area (Å²) in [6.45, 7) is 3.24. The predicted octanol–water partition coefficient (Wildman–Crippen LogP) is 2.08. The molecule has 0 amide bonds. The molecule has 0 bridgehead atoms. The molecule has 0 spiro atoms. The predicted molar refractivity (Wildman–Crippen MR) is 69.7 cm³/mol. The molecule has 1 aromatic carbocycles. The first-order valence-electron chi connectivity index (χ1n) is 5.36. The van der Waals surface area contributed by atoms with Crippen molar-refractivity contribution in [3.05, 3.63) is 23.8 Å². The molecule has 3 nitrogen and oxygen atoms in total. The van der Waals surface area contributed by atoms with Crippen LogP contribution in [0.4, 0.5) is 11.4 Å². The quantitative estimate of drug-likeness (QED) is 0.755. The van der Waals surface area contributed by atoms with Crippen molar-refractivity contribution in [1.29, 1.82) is 5.26 Å². The summed E-state index contributed by atoms with van der Waals surface area (Å²) in [5, 5.41) is 8.79. The molecule has 1 saturated heterocycles. The maximum atomic E-state index is 8.79. The molecule has 1 atom stereocenters. The third-order valence-electron chi connectivity index (χ3n) is 2.83. The summed E-state index contributed by atoms with van der Waals surface area (Å²) in [7, 11) is 0. The van der Waals surface area contributed by atoms with Crippen LogP contribution in [0.3, 0.4) is 0 Å². The fraction of sp³-hybridized carbons (Fsp3) is 0.417. The molecule has 1 aromatic rings. The van der Waals surface area contributed by atoms with Crippen molar-refractivity contribution in [3.8, 4) is 6.07 Å². The molecule has 2 rings (SSSR count). The largest absolute Gasteiger partial charge is 0.397 e. The van der Waals surface area contributed by atoms with Crippen LogP contribution in [0.1, 0.15) is 12.5 Å². The van der Waals surface area contributed by atoms with Gasteiger partial charge in [-0.1, -0.05) is 0 Å². The smallest absolute Gasteiger partial charge is 0.0992 e. The minimum atomic E-state index is 0.508. The second-order valence-electron chi connectivity index (χ2n) is 4.00. The van der Waals surface area contributed by atoms with Gasteiger partial charge in [-0.2, -0.15) is 17.0 Å². The van der Waals surface area contributed by atoms with Crippen LogP contribution < -0.4 is 10.6 Å². The number of anilines is 2. The normalized spacial score (nSPS) is 20.5. The van der Waals surface area contributed by atoms with E-state index in [4.69, 9.17) is 11.0 Å². The average Bonchev–Trinajstić information content (AvgIpc) is 2.30. The van der Waals surface area contributed by atoms with Crippen LogP contribution in [0.2, 0.25) is 0 Å². The van der Waals surface area contributed by atoms with E-state index in [-0.39, 0.29) is 0 Å².